The summed E-state index contributed by atoms with van der Waals surface area (Å²) in [5.74, 6) is 0.823. The molecular weight excluding hydrogens is 362 g/mol. The molecule has 5 heteroatoms. The van der Waals surface area contributed by atoms with Gasteiger partial charge in [-0.15, -0.1) is 0 Å². The number of pyridine rings is 1. The van der Waals surface area contributed by atoms with Crippen LogP contribution in [0.4, 0.5) is 5.69 Å². The first-order valence-corrected chi connectivity index (χ1v) is 10.5. The third kappa shape index (κ3) is 3.96. The molecule has 150 valence electrons. The molecular formula is C24H29N3O2+2. The smallest absolute Gasteiger partial charge is 0.212 e. The number of fused-ring (bicyclic) bond motifs is 1. The van der Waals surface area contributed by atoms with Gasteiger partial charge in [-0.2, -0.15) is 0 Å². The number of nitrogens with one attached hydrogen (secondary N) is 2. The van der Waals surface area contributed by atoms with E-state index < -0.39 is 0 Å². The number of rotatable bonds is 6. The van der Waals surface area contributed by atoms with Crippen LogP contribution in [-0.4, -0.2) is 45.1 Å². The number of likely N-dealkylation sites (N-methyl/N-ethyl adjacent to an activating group) is 1. The third-order valence-corrected chi connectivity index (χ3v) is 5.77. The fourth-order valence-electron chi connectivity index (χ4n) is 4.12. The Bertz CT molecular complexity index is 993. The van der Waals surface area contributed by atoms with Gasteiger partial charge in [-0.1, -0.05) is 12.1 Å². The molecule has 2 aromatic carbocycles. The summed E-state index contributed by atoms with van der Waals surface area (Å²) >= 11 is 0. The Balaban J connectivity index is 1.74. The molecule has 1 fully saturated rings. The Hall–Kier alpha value is -2.92. The van der Waals surface area contributed by atoms with Gasteiger partial charge in [-0.05, 0) is 44.2 Å². The fourth-order valence-corrected chi connectivity index (χ4v) is 4.12. The van der Waals surface area contributed by atoms with Gasteiger partial charge in [-0.25, -0.2) is 4.98 Å². The lowest BCUT2D eigenvalue weighted by Crippen LogP contribution is -3.14. The number of benzene rings is 2. The average molecular weight is 392 g/mol. The summed E-state index contributed by atoms with van der Waals surface area (Å²) in [6.07, 6.45) is 1.87. The average Bonchev–Trinajstić information content (AvgIpc) is 2.78. The number of anilines is 1. The molecule has 5 nitrogen and oxygen atoms in total. The summed E-state index contributed by atoms with van der Waals surface area (Å²) < 4.78 is 5.52. The Kier molecular flexibility index (Phi) is 5.76. The van der Waals surface area contributed by atoms with Gasteiger partial charge in [0.25, 0.3) is 0 Å². The zero-order chi connectivity index (χ0) is 20.2. The fraction of sp³-hybridized carbons (Fsp3) is 0.333. The summed E-state index contributed by atoms with van der Waals surface area (Å²) in [7, 11) is 0. The molecule has 2 N–H and O–H groups in total. The van der Waals surface area contributed by atoms with Gasteiger partial charge in [0.1, 0.15) is 11.3 Å². The second kappa shape index (κ2) is 8.62. The molecule has 1 saturated heterocycles. The Labute approximate surface area is 171 Å². The molecule has 0 aliphatic carbocycles. The van der Waals surface area contributed by atoms with Crippen molar-refractivity contribution in [1.29, 1.82) is 0 Å². The van der Waals surface area contributed by atoms with Gasteiger partial charge < -0.3 is 14.5 Å². The molecule has 4 rings (SSSR count). The van der Waals surface area contributed by atoms with Crippen molar-refractivity contribution in [3.63, 3.8) is 0 Å². The van der Waals surface area contributed by atoms with Crippen molar-refractivity contribution >= 4 is 22.4 Å². The molecule has 1 aromatic heterocycles. The van der Waals surface area contributed by atoms with Crippen LogP contribution in [0.3, 0.4) is 0 Å². The van der Waals surface area contributed by atoms with Crippen molar-refractivity contribution in [3.05, 3.63) is 65.9 Å². The molecule has 0 saturated carbocycles. The molecule has 0 unspecified atom stereocenters. The second-order valence-electron chi connectivity index (χ2n) is 7.47. The minimum absolute atomic E-state index is 0.0373. The van der Waals surface area contributed by atoms with Crippen molar-refractivity contribution in [3.8, 4) is 5.75 Å². The molecule has 3 aromatic rings. The number of nitrogens with zero attached hydrogens (tertiary/aromatic N) is 1. The highest BCUT2D eigenvalue weighted by Gasteiger charge is 2.27. The van der Waals surface area contributed by atoms with Crippen molar-refractivity contribution in [2.24, 2.45) is 0 Å². The standard InChI is InChI=1S/C24H27N3O2/c1-3-26-13-15-27(16-14-26)23-20-7-5-6-8-22(20)25-17-21(23)24(28)18-9-11-19(12-10-18)29-4-2/h5-12,17H,3-4,13-16H2,1-2H3/p+2. The summed E-state index contributed by atoms with van der Waals surface area (Å²) in [4.78, 5) is 20.8. The number of hydrogen-bond donors (Lipinski definition) is 1. The van der Waals surface area contributed by atoms with Crippen LogP contribution in [-0.2, 0) is 0 Å². The van der Waals surface area contributed by atoms with Crippen LogP contribution in [0.2, 0.25) is 0 Å². The predicted molar refractivity (Wildman–Crippen MR) is 115 cm³/mol. The number of H-pyrrole nitrogens is 1. The lowest BCUT2D eigenvalue weighted by molar-refractivity contribution is -0.898. The number of piperazine rings is 1. The first-order chi connectivity index (χ1) is 14.2. The number of para-hydroxylation sites is 1. The number of carbonyl (C=O) groups excluding carboxylic acids is 1. The van der Waals surface area contributed by atoms with Crippen molar-refractivity contribution < 1.29 is 19.4 Å². The summed E-state index contributed by atoms with van der Waals surface area (Å²) in [6, 6.07) is 15.7. The van der Waals surface area contributed by atoms with Crippen LogP contribution in [0.1, 0.15) is 29.8 Å². The minimum atomic E-state index is 0.0373. The lowest BCUT2D eigenvalue weighted by Gasteiger charge is -2.34. The molecule has 1 aliphatic rings. The van der Waals surface area contributed by atoms with Crippen molar-refractivity contribution in [2.45, 2.75) is 13.8 Å². The quantitative estimate of drug-likeness (QED) is 0.654. The molecule has 29 heavy (non-hydrogen) atoms. The molecule has 0 atom stereocenters. The van der Waals surface area contributed by atoms with E-state index in [1.54, 1.807) is 4.90 Å². The number of aromatic amines is 1. The number of aromatic nitrogens is 1. The minimum Gasteiger partial charge on any atom is -0.494 e. The second-order valence-corrected chi connectivity index (χ2v) is 7.47. The maximum absolute atomic E-state index is 13.5. The van der Waals surface area contributed by atoms with E-state index in [0.717, 1.165) is 60.6 Å². The number of hydrogen-bond acceptors (Lipinski definition) is 3. The van der Waals surface area contributed by atoms with E-state index in [4.69, 9.17) is 4.74 Å². The Morgan fingerprint density at radius 2 is 1.79 bits per heavy atom. The maximum atomic E-state index is 13.5. The highest BCUT2D eigenvalue weighted by atomic mass is 16.5. The van der Waals surface area contributed by atoms with Crippen LogP contribution in [0.5, 0.6) is 5.75 Å². The number of ether oxygens (including phenoxy) is 1. The molecule has 0 bridgehead atoms. The Morgan fingerprint density at radius 3 is 2.48 bits per heavy atom. The number of quaternary nitrogens is 1. The van der Waals surface area contributed by atoms with E-state index in [9.17, 15) is 4.79 Å². The molecule has 2 heterocycles. The highest BCUT2D eigenvalue weighted by Crippen LogP contribution is 2.30. The lowest BCUT2D eigenvalue weighted by atomic mass is 9.99. The van der Waals surface area contributed by atoms with E-state index in [-0.39, 0.29) is 5.78 Å². The van der Waals surface area contributed by atoms with E-state index in [2.05, 4.69) is 28.9 Å². The normalized spacial score (nSPS) is 14.9. The van der Waals surface area contributed by atoms with Gasteiger partial charge in [0.2, 0.25) is 11.3 Å². The van der Waals surface area contributed by atoms with E-state index in [0.29, 0.717) is 12.2 Å². The highest BCUT2D eigenvalue weighted by molar-refractivity contribution is 6.15. The zero-order valence-electron chi connectivity index (χ0n) is 17.2. The largest absolute Gasteiger partial charge is 0.494 e. The van der Waals surface area contributed by atoms with Gasteiger partial charge in [-0.3, -0.25) is 4.79 Å². The topological polar surface area (TPSA) is 48.1 Å². The van der Waals surface area contributed by atoms with Crippen LogP contribution in [0, 0.1) is 0 Å². The van der Waals surface area contributed by atoms with E-state index in [1.807, 2.05) is 49.5 Å². The summed E-state index contributed by atoms with van der Waals surface area (Å²) in [5.41, 5.74) is 3.51. The number of ketones is 1. The van der Waals surface area contributed by atoms with Crippen molar-refractivity contribution in [1.82, 2.24) is 0 Å². The summed E-state index contributed by atoms with van der Waals surface area (Å²) in [5, 5.41) is 1.10. The summed E-state index contributed by atoms with van der Waals surface area (Å²) in [6.45, 7) is 10.1. The van der Waals surface area contributed by atoms with Gasteiger partial charge in [0, 0.05) is 11.6 Å². The zero-order valence-corrected chi connectivity index (χ0v) is 17.2. The van der Waals surface area contributed by atoms with E-state index in [1.165, 1.54) is 0 Å². The van der Waals surface area contributed by atoms with E-state index >= 15 is 0 Å². The van der Waals surface area contributed by atoms with Crippen LogP contribution >= 0.6 is 0 Å². The monoisotopic (exact) mass is 391 g/mol. The SMILES string of the molecule is CCOc1ccc(C(=O)c2c[nH+]c3ccccc3c2N2CC[NH+](CC)CC2)cc1. The van der Waals surface area contributed by atoms with Crippen LogP contribution in [0.25, 0.3) is 10.9 Å². The Morgan fingerprint density at radius 1 is 1.07 bits per heavy atom. The van der Waals surface area contributed by atoms with Gasteiger partial charge in [0.15, 0.2) is 6.20 Å². The first kappa shape index (κ1) is 19.4. The van der Waals surface area contributed by atoms with Gasteiger partial charge in [0.05, 0.1) is 50.4 Å². The maximum Gasteiger partial charge on any atom is 0.212 e. The molecule has 0 radical (unpaired) electrons. The van der Waals surface area contributed by atoms with Crippen LogP contribution < -0.4 is 19.5 Å². The van der Waals surface area contributed by atoms with Crippen LogP contribution in [0.15, 0.2) is 54.7 Å². The first-order valence-electron chi connectivity index (χ1n) is 10.5. The third-order valence-electron chi connectivity index (χ3n) is 5.77. The molecule has 0 spiro atoms. The predicted octanol–water partition coefficient (Wildman–Crippen LogP) is 2.01. The molecule has 0 amide bonds. The molecule has 1 aliphatic heterocycles. The number of carbonyl (C=O) groups is 1. The van der Waals surface area contributed by atoms with Crippen molar-refractivity contribution in [2.75, 3.05) is 44.2 Å². The van der Waals surface area contributed by atoms with Gasteiger partial charge >= 0.3 is 0 Å².